The lowest BCUT2D eigenvalue weighted by molar-refractivity contribution is -0.149. The molecule has 0 unspecified atom stereocenters. The molecule has 4 aliphatic heterocycles. The number of carbonyl (C=O) groups is 1. The van der Waals surface area contributed by atoms with Crippen molar-refractivity contribution < 1.29 is 33.6 Å². The molecule has 0 aromatic heterocycles. The van der Waals surface area contributed by atoms with Crippen molar-refractivity contribution in [1.29, 1.82) is 0 Å². The highest BCUT2D eigenvalue weighted by Gasteiger charge is 2.47. The number of cyclic esters (lactones) is 1. The van der Waals surface area contributed by atoms with E-state index in [-0.39, 0.29) is 30.5 Å². The second-order valence-corrected chi connectivity index (χ2v) is 11.2. The van der Waals surface area contributed by atoms with Crippen molar-refractivity contribution in [3.8, 4) is 0 Å². The fraction of sp³-hybridized carbons (Fsp3) is 0.645. The van der Waals surface area contributed by atoms with Gasteiger partial charge in [-0.15, -0.1) is 0 Å². The van der Waals surface area contributed by atoms with Crippen LogP contribution in [0.4, 0.5) is 0 Å². The third kappa shape index (κ3) is 8.75. The standard InChI is InChI=1S/C31H44O7/c1-20-13-14-35-24(16-20)11-12-27(34-4)28-19-29-31(38-29)26(32)18-22(3)15-21(2)17-25-9-5-7-23(36-25)8-6-10-30(33)37-28/h5-7,10-13,21,23-29,31-32H,3,8-9,14-19H2,1-2,4H3/b10-6-,12-11+/t21-,23-,24+,25-,26-,27-,28-,29-,31-/m0/s1. The number of hydrogen-bond acceptors (Lipinski definition) is 7. The van der Waals surface area contributed by atoms with E-state index >= 15 is 0 Å². The van der Waals surface area contributed by atoms with E-state index in [1.807, 2.05) is 18.2 Å². The Kier molecular flexibility index (Phi) is 10.6. The minimum absolute atomic E-state index is 0.0417. The third-order valence-electron chi connectivity index (χ3n) is 7.69. The van der Waals surface area contributed by atoms with Crippen LogP contribution in [-0.2, 0) is 28.5 Å². The molecule has 4 aliphatic rings. The number of fused-ring (bicyclic) bond motifs is 3. The first-order valence-corrected chi connectivity index (χ1v) is 14.0. The number of carbonyl (C=O) groups excluding carboxylic acids is 1. The van der Waals surface area contributed by atoms with Gasteiger partial charge in [0.15, 0.2) is 0 Å². The summed E-state index contributed by atoms with van der Waals surface area (Å²) in [7, 11) is 1.60. The Morgan fingerprint density at radius 1 is 1.16 bits per heavy atom. The molecule has 4 heterocycles. The summed E-state index contributed by atoms with van der Waals surface area (Å²) in [6.45, 7) is 9.11. The summed E-state index contributed by atoms with van der Waals surface area (Å²) in [5.74, 6) is -0.0337. The summed E-state index contributed by atoms with van der Waals surface area (Å²) in [6, 6.07) is 0. The van der Waals surface area contributed by atoms with Gasteiger partial charge >= 0.3 is 5.97 Å². The Morgan fingerprint density at radius 2 is 2.00 bits per heavy atom. The minimum Gasteiger partial charge on any atom is -0.456 e. The number of epoxide rings is 1. The smallest absolute Gasteiger partial charge is 0.330 e. The lowest BCUT2D eigenvalue weighted by atomic mass is 9.91. The van der Waals surface area contributed by atoms with Crippen LogP contribution in [0.15, 0.2) is 60.3 Å². The summed E-state index contributed by atoms with van der Waals surface area (Å²) < 4.78 is 29.6. The van der Waals surface area contributed by atoms with E-state index in [9.17, 15) is 9.90 Å². The van der Waals surface area contributed by atoms with E-state index in [1.165, 1.54) is 11.6 Å². The second-order valence-electron chi connectivity index (χ2n) is 11.2. The zero-order valence-corrected chi connectivity index (χ0v) is 23.0. The normalized spacial score (nSPS) is 38.9. The second kappa shape index (κ2) is 13.9. The lowest BCUT2D eigenvalue weighted by Crippen LogP contribution is -2.34. The number of ether oxygens (including phenoxy) is 5. The van der Waals surface area contributed by atoms with Gasteiger partial charge in [-0.3, -0.25) is 0 Å². The van der Waals surface area contributed by atoms with Gasteiger partial charge < -0.3 is 28.8 Å². The van der Waals surface area contributed by atoms with E-state index in [2.05, 4.69) is 38.7 Å². The van der Waals surface area contributed by atoms with Crippen LogP contribution < -0.4 is 0 Å². The molecule has 7 nitrogen and oxygen atoms in total. The van der Waals surface area contributed by atoms with Crippen LogP contribution >= 0.6 is 0 Å². The number of methoxy groups -OCH3 is 1. The van der Waals surface area contributed by atoms with Gasteiger partial charge in [0.2, 0.25) is 0 Å². The van der Waals surface area contributed by atoms with Gasteiger partial charge in [0.1, 0.15) is 18.3 Å². The molecular formula is C31H44O7. The Bertz CT molecular complexity index is 935. The molecule has 1 N–H and O–H groups in total. The van der Waals surface area contributed by atoms with Gasteiger partial charge in [0, 0.05) is 19.6 Å². The van der Waals surface area contributed by atoms with Gasteiger partial charge in [-0.05, 0) is 51.4 Å². The predicted molar refractivity (Wildman–Crippen MR) is 146 cm³/mol. The van der Waals surface area contributed by atoms with E-state index in [4.69, 9.17) is 23.7 Å². The van der Waals surface area contributed by atoms with Crippen LogP contribution in [0.2, 0.25) is 0 Å². The summed E-state index contributed by atoms with van der Waals surface area (Å²) in [5.41, 5.74) is 2.30. The Hall–Kier alpha value is -2.03. The molecule has 0 aromatic rings. The maximum Gasteiger partial charge on any atom is 0.330 e. The zero-order chi connectivity index (χ0) is 27.1. The molecule has 4 rings (SSSR count). The fourth-order valence-corrected chi connectivity index (χ4v) is 5.67. The lowest BCUT2D eigenvalue weighted by Gasteiger charge is -2.28. The molecule has 0 saturated carbocycles. The quantitative estimate of drug-likeness (QED) is 0.320. The average molecular weight is 529 g/mol. The first-order valence-electron chi connectivity index (χ1n) is 14.0. The van der Waals surface area contributed by atoms with E-state index < -0.39 is 24.3 Å². The monoisotopic (exact) mass is 528 g/mol. The molecule has 0 spiro atoms. The molecule has 0 radical (unpaired) electrons. The van der Waals surface area contributed by atoms with Gasteiger partial charge in [-0.1, -0.05) is 61.1 Å². The molecule has 1 saturated heterocycles. The Morgan fingerprint density at radius 3 is 2.79 bits per heavy atom. The molecule has 38 heavy (non-hydrogen) atoms. The first-order chi connectivity index (χ1) is 18.3. The predicted octanol–water partition coefficient (Wildman–Crippen LogP) is 4.76. The van der Waals surface area contributed by atoms with Crippen molar-refractivity contribution in [3.63, 3.8) is 0 Å². The van der Waals surface area contributed by atoms with Crippen molar-refractivity contribution in [3.05, 3.63) is 60.3 Å². The van der Waals surface area contributed by atoms with Gasteiger partial charge in [0.25, 0.3) is 0 Å². The molecule has 7 heteroatoms. The number of rotatable bonds is 4. The summed E-state index contributed by atoms with van der Waals surface area (Å²) in [5, 5.41) is 10.8. The molecule has 210 valence electrons. The largest absolute Gasteiger partial charge is 0.456 e. The van der Waals surface area contributed by atoms with Crippen molar-refractivity contribution in [2.45, 2.75) is 108 Å². The highest BCUT2D eigenvalue weighted by molar-refractivity contribution is 5.82. The summed E-state index contributed by atoms with van der Waals surface area (Å²) in [4.78, 5) is 12.8. The van der Waals surface area contributed by atoms with Gasteiger partial charge in [0.05, 0.1) is 37.1 Å². The molecule has 0 aromatic carbocycles. The van der Waals surface area contributed by atoms with Crippen molar-refractivity contribution in [2.24, 2.45) is 5.92 Å². The maximum absolute atomic E-state index is 12.8. The van der Waals surface area contributed by atoms with Crippen LogP contribution in [0.5, 0.6) is 0 Å². The van der Waals surface area contributed by atoms with Crippen molar-refractivity contribution >= 4 is 5.97 Å². The van der Waals surface area contributed by atoms with E-state index in [1.54, 1.807) is 7.11 Å². The van der Waals surface area contributed by atoms with Crippen LogP contribution in [0.1, 0.15) is 58.8 Å². The van der Waals surface area contributed by atoms with Crippen LogP contribution in [-0.4, -0.2) is 73.6 Å². The summed E-state index contributed by atoms with van der Waals surface area (Å²) >= 11 is 0. The van der Waals surface area contributed by atoms with Crippen molar-refractivity contribution in [1.82, 2.24) is 0 Å². The van der Waals surface area contributed by atoms with Gasteiger partial charge in [-0.25, -0.2) is 4.79 Å². The molecule has 1 fully saturated rings. The number of esters is 1. The molecule has 2 bridgehead atoms. The zero-order valence-electron chi connectivity index (χ0n) is 23.0. The molecular weight excluding hydrogens is 484 g/mol. The highest BCUT2D eigenvalue weighted by atomic mass is 16.6. The van der Waals surface area contributed by atoms with Crippen LogP contribution in [0.3, 0.4) is 0 Å². The summed E-state index contributed by atoms with van der Waals surface area (Å²) in [6.07, 6.45) is 16.3. The maximum atomic E-state index is 12.8. The number of aliphatic hydroxyl groups is 1. The minimum atomic E-state index is -0.644. The first kappa shape index (κ1) is 29.0. The number of hydrogen-bond donors (Lipinski definition) is 1. The number of aliphatic hydroxyl groups excluding tert-OH is 1. The molecule has 0 amide bonds. The van der Waals surface area contributed by atoms with Gasteiger partial charge in [-0.2, -0.15) is 0 Å². The fourth-order valence-electron chi connectivity index (χ4n) is 5.67. The SMILES string of the molecule is C=C1C[C@H](C)C[C@@H]2CC=C[C@@H](C/C=C\C(=O)O[C@H]([C@H](/C=C/[C@@H]3CC(C)=CCO3)OC)C[C@@H]3O[C@H]3[C@@H](O)C1)O2. The average Bonchev–Trinajstić information content (AvgIpc) is 3.63. The Balaban J connectivity index is 1.47. The van der Waals surface area contributed by atoms with Crippen LogP contribution in [0, 0.1) is 5.92 Å². The molecule has 9 atom stereocenters. The van der Waals surface area contributed by atoms with E-state index in [0.29, 0.717) is 31.8 Å². The molecule has 0 aliphatic carbocycles. The third-order valence-corrected chi connectivity index (χ3v) is 7.69. The topological polar surface area (TPSA) is 86.8 Å². The van der Waals surface area contributed by atoms with Crippen LogP contribution in [0.25, 0.3) is 0 Å². The van der Waals surface area contributed by atoms with E-state index in [0.717, 1.165) is 31.3 Å². The Labute approximate surface area is 227 Å². The highest BCUT2D eigenvalue weighted by Crippen LogP contribution is 2.35. The van der Waals surface area contributed by atoms with Crippen molar-refractivity contribution in [2.75, 3.05) is 13.7 Å².